The fourth-order valence-electron chi connectivity index (χ4n) is 3.87. The lowest BCUT2D eigenvalue weighted by atomic mass is 9.82. The average molecular weight is 464 g/mol. The maximum absolute atomic E-state index is 11.6. The molecule has 0 aromatic carbocycles. The van der Waals surface area contributed by atoms with Gasteiger partial charge in [0.2, 0.25) is 6.29 Å². The van der Waals surface area contributed by atoms with Crippen molar-refractivity contribution >= 4 is 23.0 Å². The highest BCUT2D eigenvalue weighted by molar-refractivity contribution is 8.12. The Balaban J connectivity index is 1.84. The van der Waals surface area contributed by atoms with Crippen LogP contribution in [0.2, 0.25) is 0 Å². The fourth-order valence-corrected chi connectivity index (χ4v) is 4.05. The van der Waals surface area contributed by atoms with E-state index in [1.54, 1.807) is 0 Å². The largest absolute Gasteiger partial charge is 0.478 e. The van der Waals surface area contributed by atoms with E-state index in [1.165, 1.54) is 12.3 Å². The number of carbonyl (C=O) groups is 2. The molecule has 0 bridgehead atoms. The number of fused-ring (bicyclic) bond motifs is 1. The van der Waals surface area contributed by atoms with Crippen LogP contribution in [0.4, 0.5) is 4.79 Å². The SMILES string of the molecule is CSC(=O)OCC1=C[C@H](O)[C@H]2C(C(=O)O)=CO[C@@H](O[C@@H]3O[C@@H](CO)[C@@H](O)[C@@H](O)[C@H]3O)[C@H]12. The van der Waals surface area contributed by atoms with E-state index < -0.39 is 72.8 Å². The molecule has 1 saturated heterocycles. The van der Waals surface area contributed by atoms with Crippen molar-refractivity contribution in [2.75, 3.05) is 19.5 Å². The number of ether oxygens (including phenoxy) is 4. The van der Waals surface area contributed by atoms with Crippen LogP contribution >= 0.6 is 11.8 Å². The van der Waals surface area contributed by atoms with Crippen LogP contribution in [0.5, 0.6) is 0 Å². The summed E-state index contributed by atoms with van der Waals surface area (Å²) in [6, 6.07) is 0. The molecule has 3 aliphatic rings. The molecule has 1 fully saturated rings. The molecule has 3 rings (SSSR count). The van der Waals surface area contributed by atoms with E-state index in [0.29, 0.717) is 5.57 Å². The van der Waals surface area contributed by atoms with Crippen LogP contribution < -0.4 is 0 Å². The highest BCUT2D eigenvalue weighted by atomic mass is 32.2. The molecular formula is C18H24O12S. The van der Waals surface area contributed by atoms with Crippen molar-refractivity contribution in [2.24, 2.45) is 11.8 Å². The van der Waals surface area contributed by atoms with Crippen molar-refractivity contribution in [3.8, 4) is 0 Å². The standard InChI is InChI=1S/C18H24O12S/c1-31-18(26)28-4-6-2-8(20)11-7(15(24)25)5-27-16(10(6)11)30-17-14(23)13(22)12(21)9(3-19)29-17/h2,5,8-14,16-17,19-23H,3-4H2,1H3,(H,24,25)/t8-,9-,10+,11+,12+,13+,14+,16-,17-/m0/s1. The van der Waals surface area contributed by atoms with Gasteiger partial charge in [0.1, 0.15) is 31.0 Å². The van der Waals surface area contributed by atoms with E-state index >= 15 is 0 Å². The second-order valence-electron chi connectivity index (χ2n) is 7.24. The van der Waals surface area contributed by atoms with E-state index in [1.807, 2.05) is 0 Å². The number of carboxylic acid groups (broad SMARTS) is 1. The van der Waals surface area contributed by atoms with Gasteiger partial charge in [0.15, 0.2) is 6.29 Å². The summed E-state index contributed by atoms with van der Waals surface area (Å²) in [7, 11) is 0. The van der Waals surface area contributed by atoms with Crippen LogP contribution in [0, 0.1) is 11.8 Å². The lowest BCUT2D eigenvalue weighted by molar-refractivity contribution is -0.340. The molecule has 12 nitrogen and oxygen atoms in total. The van der Waals surface area contributed by atoms with Gasteiger partial charge in [-0.25, -0.2) is 9.59 Å². The lowest BCUT2D eigenvalue weighted by Gasteiger charge is -2.43. The highest BCUT2D eigenvalue weighted by Crippen LogP contribution is 2.44. The monoisotopic (exact) mass is 464 g/mol. The minimum atomic E-state index is -1.71. The van der Waals surface area contributed by atoms with Crippen molar-refractivity contribution in [2.45, 2.75) is 43.1 Å². The summed E-state index contributed by atoms with van der Waals surface area (Å²) in [4.78, 5) is 23.1. The smallest absolute Gasteiger partial charge is 0.367 e. The molecule has 0 unspecified atom stereocenters. The Morgan fingerprint density at radius 3 is 2.42 bits per heavy atom. The highest BCUT2D eigenvalue weighted by Gasteiger charge is 2.52. The quantitative estimate of drug-likeness (QED) is 0.190. The summed E-state index contributed by atoms with van der Waals surface area (Å²) >= 11 is 0.829. The third kappa shape index (κ3) is 4.73. The Hall–Kier alpha value is -1.71. The minimum Gasteiger partial charge on any atom is -0.478 e. The van der Waals surface area contributed by atoms with Gasteiger partial charge in [-0.2, -0.15) is 0 Å². The predicted octanol–water partition coefficient (Wildman–Crippen LogP) is -1.84. The maximum atomic E-state index is 11.6. The van der Waals surface area contributed by atoms with Gasteiger partial charge in [-0.1, -0.05) is 6.08 Å². The topological polar surface area (TPSA) is 192 Å². The molecule has 0 amide bonds. The van der Waals surface area contributed by atoms with Crippen LogP contribution in [0.3, 0.4) is 0 Å². The predicted molar refractivity (Wildman–Crippen MR) is 101 cm³/mol. The van der Waals surface area contributed by atoms with Crippen molar-refractivity contribution in [1.29, 1.82) is 0 Å². The first-order chi connectivity index (χ1) is 14.7. The Kier molecular flexibility index (Phi) is 7.59. The third-order valence-corrected chi connectivity index (χ3v) is 5.89. The molecule has 0 aromatic heterocycles. The van der Waals surface area contributed by atoms with Crippen LogP contribution in [0.1, 0.15) is 0 Å². The normalized spacial score (nSPS) is 39.7. The molecule has 0 spiro atoms. The van der Waals surface area contributed by atoms with Crippen LogP contribution in [0.25, 0.3) is 0 Å². The van der Waals surface area contributed by atoms with Gasteiger partial charge < -0.3 is 49.6 Å². The number of carboxylic acids is 1. The van der Waals surface area contributed by atoms with Gasteiger partial charge in [0.25, 0.3) is 0 Å². The third-order valence-electron chi connectivity index (χ3n) is 5.44. The second-order valence-corrected chi connectivity index (χ2v) is 7.98. The summed E-state index contributed by atoms with van der Waals surface area (Å²) in [5, 5.41) is 58.7. The Bertz CT molecular complexity index is 752. The van der Waals surface area contributed by atoms with Crippen LogP contribution in [-0.4, -0.2) is 104 Å². The molecule has 2 heterocycles. The van der Waals surface area contributed by atoms with Gasteiger partial charge in [-0.05, 0) is 23.6 Å². The molecule has 31 heavy (non-hydrogen) atoms. The summed E-state index contributed by atoms with van der Waals surface area (Å²) in [6.45, 7) is -0.928. The molecule has 1 aliphatic carbocycles. The summed E-state index contributed by atoms with van der Waals surface area (Å²) in [5.41, 5.74) is 0.106. The number of rotatable bonds is 6. The maximum Gasteiger partial charge on any atom is 0.367 e. The first-order valence-electron chi connectivity index (χ1n) is 9.33. The van der Waals surface area contributed by atoms with E-state index in [9.17, 15) is 40.2 Å². The molecule has 9 atom stereocenters. The number of aliphatic carboxylic acids is 1. The van der Waals surface area contributed by atoms with E-state index in [-0.39, 0.29) is 12.2 Å². The van der Waals surface area contributed by atoms with E-state index in [2.05, 4.69) is 0 Å². The van der Waals surface area contributed by atoms with Crippen LogP contribution in [-0.2, 0) is 23.7 Å². The first-order valence-corrected chi connectivity index (χ1v) is 10.6. The average Bonchev–Trinajstić information content (AvgIpc) is 3.09. The molecule has 2 aliphatic heterocycles. The van der Waals surface area contributed by atoms with E-state index in [0.717, 1.165) is 18.0 Å². The fraction of sp³-hybridized carbons (Fsp3) is 0.667. The second kappa shape index (κ2) is 9.83. The number of aliphatic hydroxyl groups is 5. The van der Waals surface area contributed by atoms with Gasteiger partial charge >= 0.3 is 11.3 Å². The molecule has 0 aromatic rings. The van der Waals surface area contributed by atoms with Gasteiger partial charge in [0.05, 0.1) is 30.5 Å². The number of hydrogen-bond acceptors (Lipinski definition) is 12. The molecule has 13 heteroatoms. The summed E-state index contributed by atoms with van der Waals surface area (Å²) < 4.78 is 21.4. The molecule has 0 saturated carbocycles. The summed E-state index contributed by atoms with van der Waals surface area (Å²) in [5.74, 6) is -3.24. The summed E-state index contributed by atoms with van der Waals surface area (Å²) in [6.07, 6.45) is -6.52. The van der Waals surface area contributed by atoms with Gasteiger partial charge in [-0.15, -0.1) is 0 Å². The number of thioether (sulfide) groups is 1. The van der Waals surface area contributed by atoms with Crippen molar-refractivity contribution in [3.63, 3.8) is 0 Å². The Labute approximate surface area is 180 Å². The number of carbonyl (C=O) groups excluding carboxylic acids is 1. The van der Waals surface area contributed by atoms with Crippen LogP contribution in [0.15, 0.2) is 23.5 Å². The molecule has 174 valence electrons. The zero-order valence-electron chi connectivity index (χ0n) is 16.3. The lowest BCUT2D eigenvalue weighted by Crippen LogP contribution is -2.60. The molecule has 6 N–H and O–H groups in total. The van der Waals surface area contributed by atoms with Crippen molar-refractivity contribution in [1.82, 2.24) is 0 Å². The molecule has 0 radical (unpaired) electrons. The van der Waals surface area contributed by atoms with Crippen molar-refractivity contribution < 1.29 is 59.2 Å². The zero-order valence-corrected chi connectivity index (χ0v) is 17.1. The number of aliphatic hydroxyl groups excluding tert-OH is 5. The Morgan fingerprint density at radius 2 is 1.81 bits per heavy atom. The molecular weight excluding hydrogens is 440 g/mol. The van der Waals surface area contributed by atoms with Gasteiger partial charge in [0, 0.05) is 5.92 Å². The zero-order chi connectivity index (χ0) is 22.9. The minimum absolute atomic E-state index is 0.228. The Morgan fingerprint density at radius 1 is 1.10 bits per heavy atom. The van der Waals surface area contributed by atoms with E-state index in [4.69, 9.17) is 18.9 Å². The van der Waals surface area contributed by atoms with Gasteiger partial charge in [-0.3, -0.25) is 0 Å². The van der Waals surface area contributed by atoms with Crippen molar-refractivity contribution in [3.05, 3.63) is 23.5 Å². The number of hydrogen-bond donors (Lipinski definition) is 6. The first kappa shape index (κ1) is 23.9.